The number of nitrogens with zero attached hydrogens (tertiary/aromatic N) is 1. The molecule has 10 heteroatoms. The Labute approximate surface area is 181 Å². The van der Waals surface area contributed by atoms with E-state index in [2.05, 4.69) is 10.7 Å². The van der Waals surface area contributed by atoms with Gasteiger partial charge in [0.1, 0.15) is 11.3 Å². The fourth-order valence-corrected chi connectivity index (χ4v) is 3.97. The standard InChI is InChI=1S/C22H20F3N3O4/c1-21(12-6-5-7-13(10-12)32-2)19(30)28(20(31)26-21)27-18(29)16-11-15(16)14-8-3-4-9-17(14)22(23,24)25/h3-10,15-16H,11H2,1-2H3,(H,26,31)(H,27,29)/t15-,16+,21+/m1/s1. The van der Waals surface area contributed by atoms with E-state index in [0.717, 1.165) is 6.07 Å². The van der Waals surface area contributed by atoms with Crippen LogP contribution in [0.1, 0.15) is 36.0 Å². The Morgan fingerprint density at radius 1 is 1.19 bits per heavy atom. The molecule has 168 valence electrons. The van der Waals surface area contributed by atoms with Crippen molar-refractivity contribution in [2.24, 2.45) is 5.92 Å². The second kappa shape index (κ2) is 7.54. The summed E-state index contributed by atoms with van der Waals surface area (Å²) in [5, 5.41) is 3.13. The van der Waals surface area contributed by atoms with Crippen molar-refractivity contribution in [3.63, 3.8) is 0 Å². The van der Waals surface area contributed by atoms with Crippen molar-refractivity contribution in [1.29, 1.82) is 0 Å². The third-order valence-corrected chi connectivity index (χ3v) is 5.85. The van der Waals surface area contributed by atoms with Gasteiger partial charge >= 0.3 is 12.2 Å². The number of methoxy groups -OCH3 is 1. The summed E-state index contributed by atoms with van der Waals surface area (Å²) in [5.41, 5.74) is 0.522. The number of nitrogens with one attached hydrogen (secondary N) is 2. The predicted octanol–water partition coefficient (Wildman–Crippen LogP) is 3.32. The van der Waals surface area contributed by atoms with Crippen molar-refractivity contribution in [3.05, 3.63) is 65.2 Å². The van der Waals surface area contributed by atoms with Gasteiger partial charge in [0.05, 0.1) is 12.7 Å². The topological polar surface area (TPSA) is 87.7 Å². The van der Waals surface area contributed by atoms with Gasteiger partial charge in [0, 0.05) is 5.92 Å². The summed E-state index contributed by atoms with van der Waals surface area (Å²) in [6.45, 7) is 1.49. The summed E-state index contributed by atoms with van der Waals surface area (Å²) in [7, 11) is 1.46. The number of hydrogen-bond donors (Lipinski definition) is 2. The van der Waals surface area contributed by atoms with E-state index in [1.165, 1.54) is 32.2 Å². The highest BCUT2D eigenvalue weighted by molar-refractivity contribution is 6.08. The highest BCUT2D eigenvalue weighted by Gasteiger charge is 2.53. The molecule has 1 heterocycles. The lowest BCUT2D eigenvalue weighted by Gasteiger charge is -2.22. The number of alkyl halides is 3. The van der Waals surface area contributed by atoms with Crippen LogP contribution in [0.2, 0.25) is 0 Å². The monoisotopic (exact) mass is 447 g/mol. The zero-order chi connectivity index (χ0) is 23.3. The van der Waals surface area contributed by atoms with Crippen LogP contribution in [-0.4, -0.2) is 30.0 Å². The third kappa shape index (κ3) is 3.65. The molecule has 0 bridgehead atoms. The molecule has 0 spiro atoms. The second-order valence-electron chi connectivity index (χ2n) is 7.94. The minimum Gasteiger partial charge on any atom is -0.497 e. The number of halogens is 3. The molecule has 1 aliphatic carbocycles. The van der Waals surface area contributed by atoms with Crippen molar-refractivity contribution < 1.29 is 32.3 Å². The van der Waals surface area contributed by atoms with E-state index in [1.54, 1.807) is 24.3 Å². The number of hydrazine groups is 1. The maximum atomic E-state index is 13.3. The molecule has 1 saturated heterocycles. The molecule has 32 heavy (non-hydrogen) atoms. The van der Waals surface area contributed by atoms with Gasteiger partial charge < -0.3 is 10.1 Å². The number of imide groups is 1. The average Bonchev–Trinajstić information content (AvgIpc) is 3.53. The van der Waals surface area contributed by atoms with Crippen molar-refractivity contribution in [3.8, 4) is 5.75 Å². The van der Waals surface area contributed by atoms with Crippen LogP contribution in [0.15, 0.2) is 48.5 Å². The molecule has 2 aromatic carbocycles. The molecule has 3 atom stereocenters. The smallest absolute Gasteiger partial charge is 0.416 e. The summed E-state index contributed by atoms with van der Waals surface area (Å²) in [6.07, 6.45) is -4.35. The molecular formula is C22H20F3N3O4. The molecule has 2 fully saturated rings. The van der Waals surface area contributed by atoms with E-state index >= 15 is 0 Å². The van der Waals surface area contributed by atoms with Crippen LogP contribution in [0, 0.1) is 5.92 Å². The number of rotatable bonds is 5. The fourth-order valence-electron chi connectivity index (χ4n) is 3.97. The van der Waals surface area contributed by atoms with Gasteiger partial charge in [0.25, 0.3) is 5.91 Å². The first-order valence-corrected chi connectivity index (χ1v) is 9.84. The largest absolute Gasteiger partial charge is 0.497 e. The molecule has 7 nitrogen and oxygen atoms in total. The SMILES string of the molecule is COc1cccc([C@]2(C)NC(=O)N(NC(=O)[C@H]3C[C@@H]3c3ccccc3C(F)(F)F)C2=O)c1. The summed E-state index contributed by atoms with van der Waals surface area (Å²) in [6, 6.07) is 10.8. The van der Waals surface area contributed by atoms with Gasteiger partial charge in [-0.15, -0.1) is 0 Å². The minimum absolute atomic E-state index is 0.0265. The van der Waals surface area contributed by atoms with Crippen LogP contribution in [0.25, 0.3) is 0 Å². The van der Waals surface area contributed by atoms with E-state index in [1.807, 2.05) is 0 Å². The third-order valence-electron chi connectivity index (χ3n) is 5.85. The van der Waals surface area contributed by atoms with E-state index < -0.39 is 47.0 Å². The van der Waals surface area contributed by atoms with Crippen molar-refractivity contribution in [2.45, 2.75) is 31.0 Å². The lowest BCUT2D eigenvalue weighted by molar-refractivity contribution is -0.139. The Morgan fingerprint density at radius 2 is 1.91 bits per heavy atom. The van der Waals surface area contributed by atoms with Gasteiger partial charge in [0.2, 0.25) is 5.91 Å². The lowest BCUT2D eigenvalue weighted by Crippen LogP contribution is -2.48. The Morgan fingerprint density at radius 3 is 2.59 bits per heavy atom. The molecule has 4 rings (SSSR count). The number of carbonyl (C=O) groups excluding carboxylic acids is 3. The molecule has 0 radical (unpaired) electrons. The van der Waals surface area contributed by atoms with Gasteiger partial charge in [-0.3, -0.25) is 15.0 Å². The van der Waals surface area contributed by atoms with Crippen LogP contribution in [0.3, 0.4) is 0 Å². The molecule has 0 aromatic heterocycles. The van der Waals surface area contributed by atoms with Gasteiger partial charge in [-0.2, -0.15) is 18.2 Å². The summed E-state index contributed by atoms with van der Waals surface area (Å²) in [5.74, 6) is -2.33. The lowest BCUT2D eigenvalue weighted by atomic mass is 9.92. The number of carbonyl (C=O) groups is 3. The Kier molecular flexibility index (Phi) is 5.10. The van der Waals surface area contributed by atoms with Gasteiger partial charge in [0.15, 0.2) is 0 Å². The van der Waals surface area contributed by atoms with Crippen molar-refractivity contribution >= 4 is 17.8 Å². The van der Waals surface area contributed by atoms with Crippen LogP contribution in [-0.2, 0) is 21.3 Å². The van der Waals surface area contributed by atoms with E-state index in [4.69, 9.17) is 4.74 Å². The predicted molar refractivity (Wildman–Crippen MR) is 106 cm³/mol. The number of urea groups is 1. The number of ether oxygens (including phenoxy) is 1. The number of benzene rings is 2. The maximum Gasteiger partial charge on any atom is 0.416 e. The maximum absolute atomic E-state index is 13.3. The molecule has 2 N–H and O–H groups in total. The average molecular weight is 447 g/mol. The summed E-state index contributed by atoms with van der Waals surface area (Å²) >= 11 is 0. The second-order valence-corrected chi connectivity index (χ2v) is 7.94. The highest BCUT2D eigenvalue weighted by Crippen LogP contribution is 2.51. The van der Waals surface area contributed by atoms with Gasteiger partial charge in [-0.25, -0.2) is 4.79 Å². The summed E-state index contributed by atoms with van der Waals surface area (Å²) < 4.78 is 45.0. The number of hydrogen-bond acceptors (Lipinski definition) is 4. The quantitative estimate of drug-likeness (QED) is 0.689. The molecular weight excluding hydrogens is 427 g/mol. The van der Waals surface area contributed by atoms with E-state index in [-0.39, 0.29) is 12.0 Å². The Bertz CT molecular complexity index is 1100. The zero-order valence-corrected chi connectivity index (χ0v) is 17.2. The van der Waals surface area contributed by atoms with Crippen LogP contribution < -0.4 is 15.5 Å². The molecule has 1 saturated carbocycles. The highest BCUT2D eigenvalue weighted by atomic mass is 19.4. The normalized spacial score (nSPS) is 24.8. The summed E-state index contributed by atoms with van der Waals surface area (Å²) in [4.78, 5) is 38.1. The molecule has 2 aliphatic rings. The fraction of sp³-hybridized carbons (Fsp3) is 0.318. The first kappa shape index (κ1) is 21.7. The Hall–Kier alpha value is -3.56. The first-order valence-electron chi connectivity index (χ1n) is 9.84. The number of amides is 4. The van der Waals surface area contributed by atoms with Crippen molar-refractivity contribution in [1.82, 2.24) is 15.8 Å². The van der Waals surface area contributed by atoms with Gasteiger partial charge in [-0.1, -0.05) is 30.3 Å². The van der Waals surface area contributed by atoms with Crippen LogP contribution in [0.4, 0.5) is 18.0 Å². The van der Waals surface area contributed by atoms with Crippen molar-refractivity contribution in [2.75, 3.05) is 7.11 Å². The Balaban J connectivity index is 1.49. The molecule has 4 amide bonds. The van der Waals surface area contributed by atoms with Crippen LogP contribution in [0.5, 0.6) is 5.75 Å². The molecule has 0 unspecified atom stereocenters. The van der Waals surface area contributed by atoms with Crippen LogP contribution >= 0.6 is 0 Å². The van der Waals surface area contributed by atoms with E-state index in [9.17, 15) is 27.6 Å². The molecule has 2 aromatic rings. The first-order chi connectivity index (χ1) is 15.1. The molecule has 1 aliphatic heterocycles. The zero-order valence-electron chi connectivity index (χ0n) is 17.2. The van der Waals surface area contributed by atoms with E-state index in [0.29, 0.717) is 16.3 Å². The van der Waals surface area contributed by atoms with Gasteiger partial charge in [-0.05, 0) is 48.6 Å². The minimum atomic E-state index is -4.54.